The summed E-state index contributed by atoms with van der Waals surface area (Å²) in [6.07, 6.45) is 43.2. The maximum atomic E-state index is 12.6. The molecule has 0 aliphatic heterocycles. The van der Waals surface area contributed by atoms with Gasteiger partial charge in [-0.1, -0.05) is 180 Å². The van der Waals surface area contributed by atoms with Crippen LogP contribution in [0.4, 0.5) is 0 Å². The average Bonchev–Trinajstić information content (AvgIpc) is 3.08. The van der Waals surface area contributed by atoms with E-state index < -0.39 is 6.10 Å². The molecular formula is C43H80O5. The summed E-state index contributed by atoms with van der Waals surface area (Å²) in [5.74, 6) is -0.403. The first-order chi connectivity index (χ1) is 23.6. The lowest BCUT2D eigenvalue weighted by molar-refractivity contribution is -0.163. The molecule has 5 nitrogen and oxygen atoms in total. The van der Waals surface area contributed by atoms with Gasteiger partial charge in [-0.3, -0.25) is 9.59 Å². The Balaban J connectivity index is 4.17. The van der Waals surface area contributed by atoms with Crippen molar-refractivity contribution in [2.75, 3.05) is 19.8 Å². The molecule has 0 rings (SSSR count). The van der Waals surface area contributed by atoms with Crippen LogP contribution in [0, 0.1) is 0 Å². The first kappa shape index (κ1) is 46.4. The maximum absolute atomic E-state index is 12.6. The molecule has 0 aliphatic carbocycles. The standard InChI is InChI=1S/C43H80O5/c1-4-7-10-13-16-18-20-21-22-24-26-29-32-35-38-46-39-41(48-43(45)37-34-31-27-15-12-9-6-3)40-47-42(44)36-33-30-28-25-23-19-17-14-11-8-5-2/h10,13,18,20,41H,4-9,11-12,14-17,19,21-40H2,1-3H3/b13-10-,20-18-. The quantitative estimate of drug-likeness (QED) is 0.0370. The molecule has 0 saturated heterocycles. The van der Waals surface area contributed by atoms with E-state index in [1.54, 1.807) is 0 Å². The van der Waals surface area contributed by atoms with E-state index in [4.69, 9.17) is 14.2 Å². The van der Waals surface area contributed by atoms with Gasteiger partial charge in [0.1, 0.15) is 6.61 Å². The summed E-state index contributed by atoms with van der Waals surface area (Å²) < 4.78 is 17.2. The molecular weight excluding hydrogens is 596 g/mol. The van der Waals surface area contributed by atoms with Crippen LogP contribution in [0.5, 0.6) is 0 Å². The molecule has 0 N–H and O–H groups in total. The Morgan fingerprint density at radius 3 is 1.46 bits per heavy atom. The number of allylic oxidation sites excluding steroid dienone is 4. The largest absolute Gasteiger partial charge is 0.462 e. The summed E-state index contributed by atoms with van der Waals surface area (Å²) in [5.41, 5.74) is 0. The van der Waals surface area contributed by atoms with Crippen LogP contribution in [0.15, 0.2) is 24.3 Å². The fourth-order valence-electron chi connectivity index (χ4n) is 5.84. The van der Waals surface area contributed by atoms with Crippen molar-refractivity contribution in [1.82, 2.24) is 0 Å². The van der Waals surface area contributed by atoms with E-state index in [0.29, 0.717) is 19.4 Å². The first-order valence-electron chi connectivity index (χ1n) is 20.9. The zero-order valence-electron chi connectivity index (χ0n) is 32.3. The number of carbonyl (C=O) groups excluding carboxylic acids is 2. The van der Waals surface area contributed by atoms with Crippen molar-refractivity contribution in [3.8, 4) is 0 Å². The van der Waals surface area contributed by atoms with E-state index in [1.807, 2.05) is 0 Å². The molecule has 0 spiro atoms. The molecule has 0 aromatic rings. The summed E-state index contributed by atoms with van der Waals surface area (Å²) in [7, 11) is 0. The molecule has 0 bridgehead atoms. The third-order valence-electron chi connectivity index (χ3n) is 8.97. The Kier molecular flexibility index (Phi) is 38.5. The predicted molar refractivity (Wildman–Crippen MR) is 205 cm³/mol. The number of rotatable bonds is 38. The molecule has 0 radical (unpaired) electrons. The van der Waals surface area contributed by atoms with Gasteiger partial charge in [0, 0.05) is 19.4 Å². The Hall–Kier alpha value is -1.62. The van der Waals surface area contributed by atoms with Gasteiger partial charge in [0.25, 0.3) is 0 Å². The molecule has 0 fully saturated rings. The SMILES string of the molecule is CCC/C=C\C/C=C\CCCCCCCCOCC(COC(=O)CCCCCCCCCCCCC)OC(=O)CCCCCCCCC. The Morgan fingerprint density at radius 2 is 0.917 bits per heavy atom. The molecule has 0 aromatic carbocycles. The second kappa shape index (κ2) is 39.8. The van der Waals surface area contributed by atoms with Crippen molar-refractivity contribution in [3.05, 3.63) is 24.3 Å². The molecule has 282 valence electrons. The average molecular weight is 677 g/mol. The zero-order chi connectivity index (χ0) is 35.0. The zero-order valence-corrected chi connectivity index (χ0v) is 32.3. The van der Waals surface area contributed by atoms with Crippen molar-refractivity contribution in [1.29, 1.82) is 0 Å². The Labute approximate surface area is 298 Å². The van der Waals surface area contributed by atoms with Crippen LogP contribution in [0.1, 0.15) is 213 Å². The number of unbranched alkanes of at least 4 members (excludes halogenated alkanes) is 23. The lowest BCUT2D eigenvalue weighted by atomic mass is 10.1. The highest BCUT2D eigenvalue weighted by molar-refractivity contribution is 5.70. The van der Waals surface area contributed by atoms with Gasteiger partial charge < -0.3 is 14.2 Å². The highest BCUT2D eigenvalue weighted by Crippen LogP contribution is 2.14. The minimum Gasteiger partial charge on any atom is -0.462 e. The van der Waals surface area contributed by atoms with Gasteiger partial charge >= 0.3 is 11.9 Å². The van der Waals surface area contributed by atoms with Gasteiger partial charge in [0.2, 0.25) is 0 Å². The van der Waals surface area contributed by atoms with E-state index in [-0.39, 0.29) is 25.2 Å². The van der Waals surface area contributed by atoms with Crippen LogP contribution >= 0.6 is 0 Å². The van der Waals surface area contributed by atoms with Crippen LogP contribution in [0.25, 0.3) is 0 Å². The molecule has 0 heterocycles. The number of esters is 2. The van der Waals surface area contributed by atoms with E-state index in [9.17, 15) is 9.59 Å². The molecule has 0 amide bonds. The normalized spacial score (nSPS) is 12.3. The van der Waals surface area contributed by atoms with Gasteiger partial charge in [-0.15, -0.1) is 0 Å². The molecule has 0 saturated carbocycles. The predicted octanol–water partition coefficient (Wildman–Crippen LogP) is 13.3. The number of hydrogen-bond acceptors (Lipinski definition) is 5. The van der Waals surface area contributed by atoms with Gasteiger partial charge in [-0.2, -0.15) is 0 Å². The van der Waals surface area contributed by atoms with E-state index >= 15 is 0 Å². The van der Waals surface area contributed by atoms with Crippen LogP contribution in [-0.4, -0.2) is 37.9 Å². The molecule has 48 heavy (non-hydrogen) atoms. The third-order valence-corrected chi connectivity index (χ3v) is 8.97. The Morgan fingerprint density at radius 1 is 0.458 bits per heavy atom. The Bertz CT molecular complexity index is 731. The van der Waals surface area contributed by atoms with Gasteiger partial charge in [0.05, 0.1) is 6.61 Å². The van der Waals surface area contributed by atoms with Gasteiger partial charge in [-0.05, 0) is 44.9 Å². The van der Waals surface area contributed by atoms with Gasteiger partial charge in [-0.25, -0.2) is 0 Å². The first-order valence-corrected chi connectivity index (χ1v) is 20.9. The lowest BCUT2D eigenvalue weighted by Gasteiger charge is -2.18. The van der Waals surface area contributed by atoms with Gasteiger partial charge in [0.15, 0.2) is 6.10 Å². The van der Waals surface area contributed by atoms with Crippen molar-refractivity contribution in [3.63, 3.8) is 0 Å². The van der Waals surface area contributed by atoms with Crippen LogP contribution in [0.2, 0.25) is 0 Å². The summed E-state index contributed by atoms with van der Waals surface area (Å²) in [5, 5.41) is 0. The van der Waals surface area contributed by atoms with Crippen molar-refractivity contribution >= 4 is 11.9 Å². The van der Waals surface area contributed by atoms with E-state index in [2.05, 4.69) is 45.1 Å². The van der Waals surface area contributed by atoms with E-state index in [0.717, 1.165) is 44.9 Å². The fraction of sp³-hybridized carbons (Fsp3) is 0.860. The third kappa shape index (κ3) is 37.2. The molecule has 5 heteroatoms. The molecule has 1 atom stereocenters. The van der Waals surface area contributed by atoms with Crippen molar-refractivity contribution < 1.29 is 23.8 Å². The number of hydrogen-bond donors (Lipinski definition) is 0. The summed E-state index contributed by atoms with van der Waals surface area (Å²) in [6, 6.07) is 0. The summed E-state index contributed by atoms with van der Waals surface area (Å²) in [4.78, 5) is 25.0. The maximum Gasteiger partial charge on any atom is 0.306 e. The van der Waals surface area contributed by atoms with Crippen LogP contribution in [-0.2, 0) is 23.8 Å². The monoisotopic (exact) mass is 677 g/mol. The summed E-state index contributed by atoms with van der Waals surface area (Å²) in [6.45, 7) is 7.71. The smallest absolute Gasteiger partial charge is 0.306 e. The van der Waals surface area contributed by atoms with Crippen LogP contribution < -0.4 is 0 Å². The molecule has 1 unspecified atom stereocenters. The fourth-order valence-corrected chi connectivity index (χ4v) is 5.84. The lowest BCUT2D eigenvalue weighted by Crippen LogP contribution is -2.30. The van der Waals surface area contributed by atoms with E-state index in [1.165, 1.54) is 135 Å². The molecule has 0 aliphatic rings. The molecule has 0 aromatic heterocycles. The minimum absolute atomic E-state index is 0.0864. The summed E-state index contributed by atoms with van der Waals surface area (Å²) >= 11 is 0. The highest BCUT2D eigenvalue weighted by atomic mass is 16.6. The highest BCUT2D eigenvalue weighted by Gasteiger charge is 2.17. The van der Waals surface area contributed by atoms with Crippen LogP contribution in [0.3, 0.4) is 0 Å². The van der Waals surface area contributed by atoms with Crippen molar-refractivity contribution in [2.45, 2.75) is 219 Å². The van der Waals surface area contributed by atoms with Crippen molar-refractivity contribution in [2.24, 2.45) is 0 Å². The number of ether oxygens (including phenoxy) is 3. The topological polar surface area (TPSA) is 61.8 Å². The second-order valence-electron chi connectivity index (χ2n) is 13.9. The second-order valence-corrected chi connectivity index (χ2v) is 13.9. The number of carbonyl (C=O) groups is 2. The minimum atomic E-state index is -0.529.